The predicted molar refractivity (Wildman–Crippen MR) is 120 cm³/mol. The molecule has 2 aromatic rings. The highest BCUT2D eigenvalue weighted by molar-refractivity contribution is 8.00. The second kappa shape index (κ2) is 9.70. The van der Waals surface area contributed by atoms with Gasteiger partial charge in [0.1, 0.15) is 5.69 Å². The average molecular weight is 465 g/mol. The van der Waals surface area contributed by atoms with Crippen LogP contribution in [-0.4, -0.2) is 58.5 Å². The molecule has 1 atom stereocenters. The summed E-state index contributed by atoms with van der Waals surface area (Å²) in [5, 5.41) is 0. The third kappa shape index (κ3) is 5.75. The minimum Gasteiger partial charge on any atom is -0.357 e. The lowest BCUT2D eigenvalue weighted by Gasteiger charge is -2.26. The summed E-state index contributed by atoms with van der Waals surface area (Å²) < 4.78 is 37.7. The van der Waals surface area contributed by atoms with Gasteiger partial charge in [0.15, 0.2) is 0 Å². The zero-order valence-electron chi connectivity index (χ0n) is 18.0. The Morgan fingerprint density at radius 2 is 1.84 bits per heavy atom. The highest BCUT2D eigenvalue weighted by atomic mass is 32.2. The number of carbonyl (C=O) groups is 1. The van der Waals surface area contributed by atoms with E-state index in [0.29, 0.717) is 18.9 Å². The number of alkyl halides is 3. The third-order valence-corrected chi connectivity index (χ3v) is 6.71. The summed E-state index contributed by atoms with van der Waals surface area (Å²) in [6.07, 6.45) is 4.96. The number of amides is 1. The molecule has 5 nitrogen and oxygen atoms in total. The zero-order chi connectivity index (χ0) is 22.7. The van der Waals surface area contributed by atoms with Gasteiger partial charge >= 0.3 is 5.51 Å². The van der Waals surface area contributed by atoms with Gasteiger partial charge in [0.05, 0.1) is 6.67 Å². The van der Waals surface area contributed by atoms with Crippen LogP contribution in [0.4, 0.5) is 18.9 Å². The first-order valence-corrected chi connectivity index (χ1v) is 11.7. The largest absolute Gasteiger partial charge is 0.446 e. The van der Waals surface area contributed by atoms with Crippen molar-refractivity contribution in [3.05, 3.63) is 53.9 Å². The molecule has 0 N–H and O–H groups in total. The van der Waals surface area contributed by atoms with Crippen LogP contribution in [0.2, 0.25) is 0 Å². The molecule has 0 bridgehead atoms. The highest BCUT2D eigenvalue weighted by Gasteiger charge is 2.30. The van der Waals surface area contributed by atoms with Crippen LogP contribution in [0.15, 0.2) is 47.5 Å². The zero-order valence-corrected chi connectivity index (χ0v) is 18.8. The molecule has 0 aliphatic carbocycles. The first-order valence-electron chi connectivity index (χ1n) is 10.9. The first kappa shape index (κ1) is 22.9. The van der Waals surface area contributed by atoms with Crippen molar-refractivity contribution in [1.29, 1.82) is 0 Å². The van der Waals surface area contributed by atoms with Crippen molar-refractivity contribution in [1.82, 2.24) is 14.8 Å². The van der Waals surface area contributed by atoms with Crippen LogP contribution in [-0.2, 0) is 6.54 Å². The van der Waals surface area contributed by atoms with Crippen LogP contribution >= 0.6 is 11.8 Å². The van der Waals surface area contributed by atoms with Crippen molar-refractivity contribution < 1.29 is 18.0 Å². The molecular formula is C23H27F3N4OS. The van der Waals surface area contributed by atoms with Gasteiger partial charge in [-0.25, -0.2) is 0 Å². The van der Waals surface area contributed by atoms with Gasteiger partial charge < -0.3 is 9.80 Å². The number of hydrogen-bond acceptors (Lipinski definition) is 5. The number of benzene rings is 1. The first-order chi connectivity index (χ1) is 15.3. The SMILES string of the molecule is CC1CN(c2ccc(SC(F)(F)F)cc2)CN1Cc1ccnc(C(=O)N2CCCCC2)c1. The van der Waals surface area contributed by atoms with Gasteiger partial charge in [-0.05, 0) is 79.9 Å². The minimum absolute atomic E-state index is 0.000497. The fraction of sp³-hybridized carbons (Fsp3) is 0.478. The van der Waals surface area contributed by atoms with E-state index in [1.54, 1.807) is 18.3 Å². The summed E-state index contributed by atoms with van der Waals surface area (Å²) in [6, 6.07) is 10.6. The Morgan fingerprint density at radius 1 is 1.12 bits per heavy atom. The number of likely N-dealkylation sites (tertiary alicyclic amines) is 1. The Bertz CT molecular complexity index is 932. The van der Waals surface area contributed by atoms with Crippen LogP contribution in [0.1, 0.15) is 42.2 Å². The molecule has 2 aliphatic heterocycles. The Labute approximate surface area is 190 Å². The summed E-state index contributed by atoms with van der Waals surface area (Å²) in [4.78, 5) is 23.6. The molecule has 1 aromatic carbocycles. The fourth-order valence-electron chi connectivity index (χ4n) is 4.29. The molecule has 2 aliphatic rings. The van der Waals surface area contributed by atoms with E-state index >= 15 is 0 Å². The summed E-state index contributed by atoms with van der Waals surface area (Å²) in [6.45, 7) is 5.87. The van der Waals surface area contributed by atoms with Gasteiger partial charge in [0, 0.05) is 49.0 Å². The number of aromatic nitrogens is 1. The van der Waals surface area contributed by atoms with E-state index in [0.717, 1.165) is 43.7 Å². The van der Waals surface area contributed by atoms with Gasteiger partial charge in [-0.15, -0.1) is 0 Å². The quantitative estimate of drug-likeness (QED) is 0.583. The number of thioether (sulfide) groups is 1. The fourth-order valence-corrected chi connectivity index (χ4v) is 4.82. The summed E-state index contributed by atoms with van der Waals surface area (Å²) in [5.74, 6) is -0.000497. The second-order valence-electron chi connectivity index (χ2n) is 8.40. The van der Waals surface area contributed by atoms with E-state index in [2.05, 4.69) is 21.7 Å². The topological polar surface area (TPSA) is 39.7 Å². The minimum atomic E-state index is -4.28. The van der Waals surface area contributed by atoms with Crippen molar-refractivity contribution in [2.75, 3.05) is 31.2 Å². The predicted octanol–water partition coefficient (Wildman–Crippen LogP) is 4.99. The molecule has 4 rings (SSSR count). The summed E-state index contributed by atoms with van der Waals surface area (Å²) >= 11 is -0.0972. The number of nitrogens with zero attached hydrogens (tertiary/aromatic N) is 4. The lowest BCUT2D eigenvalue weighted by molar-refractivity contribution is -0.0328. The third-order valence-electron chi connectivity index (χ3n) is 5.97. The number of halogens is 3. The second-order valence-corrected chi connectivity index (χ2v) is 9.54. The molecule has 1 amide bonds. The van der Waals surface area contributed by atoms with Crippen LogP contribution in [0.25, 0.3) is 0 Å². The average Bonchev–Trinajstić information content (AvgIpc) is 3.13. The van der Waals surface area contributed by atoms with E-state index in [1.807, 2.05) is 17.0 Å². The maximum absolute atomic E-state index is 12.8. The van der Waals surface area contributed by atoms with E-state index in [1.165, 1.54) is 18.6 Å². The standard InChI is InChI=1S/C23H27F3N4OS/c1-17-14-30(19-5-7-20(8-6-19)32-23(24,25)26)16-29(17)15-18-9-10-27-21(13-18)22(31)28-11-3-2-4-12-28/h5-10,13,17H,2-4,11-12,14-16H2,1H3. The lowest BCUT2D eigenvalue weighted by Crippen LogP contribution is -2.36. The van der Waals surface area contributed by atoms with Crippen LogP contribution < -0.4 is 4.90 Å². The van der Waals surface area contributed by atoms with Gasteiger partial charge in [-0.3, -0.25) is 14.7 Å². The highest BCUT2D eigenvalue weighted by Crippen LogP contribution is 2.37. The van der Waals surface area contributed by atoms with Crippen LogP contribution in [0.3, 0.4) is 0 Å². The molecule has 2 saturated heterocycles. The molecule has 9 heteroatoms. The lowest BCUT2D eigenvalue weighted by atomic mass is 10.1. The molecule has 32 heavy (non-hydrogen) atoms. The Balaban J connectivity index is 1.38. The van der Waals surface area contributed by atoms with Gasteiger partial charge in [0.25, 0.3) is 5.91 Å². The van der Waals surface area contributed by atoms with Crippen molar-refractivity contribution in [3.63, 3.8) is 0 Å². The summed E-state index contributed by atoms with van der Waals surface area (Å²) in [7, 11) is 0. The number of hydrogen-bond donors (Lipinski definition) is 0. The van der Waals surface area contributed by atoms with Gasteiger partial charge in [-0.1, -0.05) is 0 Å². The monoisotopic (exact) mass is 464 g/mol. The van der Waals surface area contributed by atoms with Crippen LogP contribution in [0, 0.1) is 0 Å². The summed E-state index contributed by atoms with van der Waals surface area (Å²) in [5.41, 5.74) is -1.85. The number of piperidine rings is 1. The van der Waals surface area contributed by atoms with Crippen molar-refractivity contribution in [2.45, 2.75) is 49.2 Å². The molecule has 0 saturated carbocycles. The van der Waals surface area contributed by atoms with Crippen molar-refractivity contribution >= 4 is 23.4 Å². The molecule has 172 valence electrons. The van der Waals surface area contributed by atoms with Crippen LogP contribution in [0.5, 0.6) is 0 Å². The van der Waals surface area contributed by atoms with E-state index in [9.17, 15) is 18.0 Å². The maximum Gasteiger partial charge on any atom is 0.446 e. The number of anilines is 1. The molecule has 2 fully saturated rings. The number of rotatable bonds is 5. The Hall–Kier alpha value is -2.26. The Morgan fingerprint density at radius 3 is 2.53 bits per heavy atom. The molecule has 1 unspecified atom stereocenters. The number of carbonyl (C=O) groups excluding carboxylic acids is 1. The van der Waals surface area contributed by atoms with Gasteiger partial charge in [0.2, 0.25) is 0 Å². The van der Waals surface area contributed by atoms with Gasteiger partial charge in [-0.2, -0.15) is 13.2 Å². The maximum atomic E-state index is 12.8. The van der Waals surface area contributed by atoms with Crippen molar-refractivity contribution in [3.8, 4) is 0 Å². The molecule has 0 radical (unpaired) electrons. The Kier molecular flexibility index (Phi) is 6.95. The van der Waals surface area contributed by atoms with E-state index in [4.69, 9.17) is 0 Å². The molecular weight excluding hydrogens is 437 g/mol. The molecule has 0 spiro atoms. The van der Waals surface area contributed by atoms with E-state index < -0.39 is 5.51 Å². The smallest absolute Gasteiger partial charge is 0.357 e. The van der Waals surface area contributed by atoms with Crippen molar-refractivity contribution in [2.24, 2.45) is 0 Å². The number of pyridine rings is 1. The van der Waals surface area contributed by atoms with E-state index in [-0.39, 0.29) is 28.6 Å². The normalized spacial score (nSPS) is 20.1. The molecule has 1 aromatic heterocycles. The molecule has 3 heterocycles.